The number of aliphatic carboxylic acids is 1. The van der Waals surface area contributed by atoms with Crippen LogP contribution in [-0.4, -0.2) is 64.1 Å². The van der Waals surface area contributed by atoms with Gasteiger partial charge in [0.15, 0.2) is 6.61 Å². The maximum absolute atomic E-state index is 12.5. The van der Waals surface area contributed by atoms with Crippen LogP contribution in [-0.2, 0) is 23.9 Å². The lowest BCUT2D eigenvalue weighted by Crippen LogP contribution is -2.71. The molecule has 1 saturated heterocycles. The van der Waals surface area contributed by atoms with Gasteiger partial charge >= 0.3 is 11.9 Å². The number of carbonyl (C=O) groups excluding carboxylic acids is 3. The van der Waals surface area contributed by atoms with Crippen LogP contribution in [0.1, 0.15) is 6.92 Å². The zero-order chi connectivity index (χ0) is 20.3. The molecule has 2 aliphatic heterocycles. The predicted molar refractivity (Wildman–Crippen MR) is 98.3 cm³/mol. The predicted octanol–water partition coefficient (Wildman–Crippen LogP) is 0.367. The Morgan fingerprint density at radius 2 is 2.00 bits per heavy atom. The first-order valence-electron chi connectivity index (χ1n) is 8.39. The quantitative estimate of drug-likeness (QED) is 0.492. The Morgan fingerprint density at radius 1 is 1.29 bits per heavy atom. The van der Waals surface area contributed by atoms with E-state index in [4.69, 9.17) is 9.47 Å². The fourth-order valence-corrected chi connectivity index (χ4v) is 4.19. The first-order valence-corrected chi connectivity index (χ1v) is 9.44. The second-order valence-electron chi connectivity index (χ2n) is 6.09. The summed E-state index contributed by atoms with van der Waals surface area (Å²) in [5.41, 5.74) is 0.149. The molecule has 0 aromatic heterocycles. The molecule has 3 rings (SSSR count). The third-order valence-corrected chi connectivity index (χ3v) is 5.47. The van der Waals surface area contributed by atoms with Gasteiger partial charge in [0.25, 0.3) is 11.8 Å². The second-order valence-corrected chi connectivity index (χ2v) is 7.20. The van der Waals surface area contributed by atoms with Crippen LogP contribution in [0.15, 0.2) is 41.6 Å². The van der Waals surface area contributed by atoms with Gasteiger partial charge in [-0.1, -0.05) is 18.2 Å². The second kappa shape index (κ2) is 8.34. The van der Waals surface area contributed by atoms with E-state index in [1.54, 1.807) is 24.3 Å². The highest BCUT2D eigenvalue weighted by atomic mass is 32.2. The number of rotatable bonds is 7. The summed E-state index contributed by atoms with van der Waals surface area (Å²) in [7, 11) is 0. The normalized spacial score (nSPS) is 20.8. The van der Waals surface area contributed by atoms with Gasteiger partial charge in [-0.2, -0.15) is 0 Å². The van der Waals surface area contributed by atoms with E-state index < -0.39 is 35.2 Å². The van der Waals surface area contributed by atoms with Crippen molar-refractivity contribution < 1.29 is 33.8 Å². The highest BCUT2D eigenvalue weighted by molar-refractivity contribution is 8.00. The molecule has 2 amide bonds. The smallest absolute Gasteiger partial charge is 0.352 e. The molecule has 0 bridgehead atoms. The minimum atomic E-state index is -1.28. The van der Waals surface area contributed by atoms with E-state index in [2.05, 4.69) is 5.32 Å². The van der Waals surface area contributed by atoms with Crippen molar-refractivity contribution in [1.82, 2.24) is 10.2 Å². The molecule has 1 fully saturated rings. The average Bonchev–Trinajstić information content (AvgIpc) is 2.68. The topological polar surface area (TPSA) is 122 Å². The van der Waals surface area contributed by atoms with Crippen LogP contribution < -0.4 is 10.1 Å². The van der Waals surface area contributed by atoms with Crippen molar-refractivity contribution in [2.24, 2.45) is 0 Å². The van der Waals surface area contributed by atoms with E-state index >= 15 is 0 Å². The van der Waals surface area contributed by atoms with Gasteiger partial charge in [-0.25, -0.2) is 4.79 Å². The Labute approximate surface area is 164 Å². The molecule has 0 radical (unpaired) electrons. The van der Waals surface area contributed by atoms with Crippen molar-refractivity contribution in [3.63, 3.8) is 0 Å². The van der Waals surface area contributed by atoms with Gasteiger partial charge in [0.1, 0.15) is 29.5 Å². The van der Waals surface area contributed by atoms with Crippen LogP contribution in [0.4, 0.5) is 0 Å². The van der Waals surface area contributed by atoms with Crippen molar-refractivity contribution >= 4 is 35.5 Å². The molecule has 148 valence electrons. The summed E-state index contributed by atoms with van der Waals surface area (Å²) in [6.45, 7) is 0.768. The number of thioether (sulfide) groups is 1. The molecular formula is C18H18N2O7S. The van der Waals surface area contributed by atoms with E-state index in [-0.39, 0.29) is 24.7 Å². The molecule has 1 aromatic carbocycles. The first kappa shape index (κ1) is 19.7. The lowest BCUT2D eigenvalue weighted by Gasteiger charge is -2.49. The number of carboxylic acids is 1. The number of amides is 2. The van der Waals surface area contributed by atoms with E-state index in [0.717, 1.165) is 4.90 Å². The third-order valence-electron chi connectivity index (χ3n) is 4.13. The van der Waals surface area contributed by atoms with E-state index in [1.807, 2.05) is 6.07 Å². The van der Waals surface area contributed by atoms with E-state index in [0.29, 0.717) is 11.3 Å². The van der Waals surface area contributed by atoms with E-state index in [1.165, 1.54) is 18.7 Å². The molecule has 2 atom stereocenters. The Bertz CT molecular complexity index is 840. The maximum Gasteiger partial charge on any atom is 0.352 e. The van der Waals surface area contributed by atoms with Crippen LogP contribution in [0.2, 0.25) is 0 Å². The molecule has 10 heteroatoms. The summed E-state index contributed by atoms with van der Waals surface area (Å²) in [6, 6.07) is 7.93. The zero-order valence-corrected chi connectivity index (χ0v) is 15.7. The summed E-state index contributed by atoms with van der Waals surface area (Å²) in [4.78, 5) is 48.3. The minimum absolute atomic E-state index is 0.192. The van der Waals surface area contributed by atoms with Crippen molar-refractivity contribution in [2.45, 2.75) is 18.3 Å². The van der Waals surface area contributed by atoms with Crippen molar-refractivity contribution in [3.8, 4) is 5.75 Å². The van der Waals surface area contributed by atoms with Crippen molar-refractivity contribution in [2.75, 3.05) is 19.0 Å². The molecular weight excluding hydrogens is 388 g/mol. The van der Waals surface area contributed by atoms with Gasteiger partial charge in [-0.05, 0) is 12.1 Å². The van der Waals surface area contributed by atoms with Crippen LogP contribution in [0, 0.1) is 0 Å². The van der Waals surface area contributed by atoms with Crippen molar-refractivity contribution in [1.29, 1.82) is 0 Å². The number of carbonyl (C=O) groups is 4. The van der Waals surface area contributed by atoms with Crippen LogP contribution in [0.25, 0.3) is 0 Å². The Balaban J connectivity index is 1.62. The van der Waals surface area contributed by atoms with Gasteiger partial charge in [0, 0.05) is 18.2 Å². The first-order chi connectivity index (χ1) is 13.4. The summed E-state index contributed by atoms with van der Waals surface area (Å²) >= 11 is 1.30. The fraction of sp³-hybridized carbons (Fsp3) is 0.333. The maximum atomic E-state index is 12.5. The van der Waals surface area contributed by atoms with Crippen LogP contribution in [0.3, 0.4) is 0 Å². The van der Waals surface area contributed by atoms with E-state index in [9.17, 15) is 24.3 Å². The lowest BCUT2D eigenvalue weighted by molar-refractivity contribution is -0.151. The molecule has 0 saturated carbocycles. The largest absolute Gasteiger partial charge is 0.484 e. The number of β-lactam (4-membered cyclic amide) rings is 1. The molecule has 28 heavy (non-hydrogen) atoms. The SMILES string of the molecule is CC(=O)OCC1=C(C(=O)O)N2C(=O)[C@H](NC(=O)COc3ccccc3)[C@H]2SC1. The summed E-state index contributed by atoms with van der Waals surface area (Å²) in [5.74, 6) is -2.02. The molecule has 9 nitrogen and oxygen atoms in total. The third kappa shape index (κ3) is 4.11. The molecule has 0 unspecified atom stereocenters. The number of carboxylic acid groups (broad SMARTS) is 1. The highest BCUT2D eigenvalue weighted by Gasteiger charge is 2.54. The summed E-state index contributed by atoms with van der Waals surface area (Å²) < 4.78 is 10.2. The van der Waals surface area contributed by atoms with Gasteiger partial charge in [-0.3, -0.25) is 19.3 Å². The number of para-hydroxylation sites is 1. The molecule has 0 spiro atoms. The van der Waals surface area contributed by atoms with Gasteiger partial charge in [-0.15, -0.1) is 11.8 Å². The molecule has 2 aliphatic rings. The van der Waals surface area contributed by atoms with Crippen molar-refractivity contribution in [3.05, 3.63) is 41.6 Å². The van der Waals surface area contributed by atoms with Crippen LogP contribution >= 0.6 is 11.8 Å². The van der Waals surface area contributed by atoms with Gasteiger partial charge in [0.2, 0.25) is 0 Å². The Hall–Kier alpha value is -3.01. The highest BCUT2D eigenvalue weighted by Crippen LogP contribution is 2.40. The Morgan fingerprint density at radius 3 is 2.64 bits per heavy atom. The lowest BCUT2D eigenvalue weighted by atomic mass is 10.0. The standard InChI is InChI=1S/C18H18N2O7S/c1-10(21)26-7-11-9-28-17-14(16(23)20(17)15(11)18(24)25)19-13(22)8-27-12-5-3-2-4-6-12/h2-6,14,17H,7-9H2,1H3,(H,19,22)(H,24,25)/t14-,17+/m0/s1. The number of hydrogen-bond acceptors (Lipinski definition) is 7. The fourth-order valence-electron chi connectivity index (χ4n) is 2.86. The number of hydrogen-bond donors (Lipinski definition) is 2. The molecule has 2 N–H and O–H groups in total. The average molecular weight is 406 g/mol. The minimum Gasteiger partial charge on any atom is -0.484 e. The van der Waals surface area contributed by atoms with Gasteiger partial charge in [0.05, 0.1) is 0 Å². The molecule has 0 aliphatic carbocycles. The zero-order valence-electron chi connectivity index (χ0n) is 14.9. The number of ether oxygens (including phenoxy) is 2. The number of esters is 1. The summed E-state index contributed by atoms with van der Waals surface area (Å²) in [6.07, 6.45) is 0. The monoisotopic (exact) mass is 406 g/mol. The number of fused-ring (bicyclic) bond motifs is 1. The van der Waals surface area contributed by atoms with Gasteiger partial charge < -0.3 is 19.9 Å². The number of nitrogens with one attached hydrogen (secondary N) is 1. The summed E-state index contributed by atoms with van der Waals surface area (Å²) in [5, 5.41) is 11.5. The van der Waals surface area contributed by atoms with Crippen LogP contribution in [0.5, 0.6) is 5.75 Å². The number of nitrogens with zero attached hydrogens (tertiary/aromatic N) is 1. The Kier molecular flexibility index (Phi) is 5.88. The number of benzene rings is 1. The molecule has 2 heterocycles. The molecule has 1 aromatic rings.